The smallest absolute Gasteiger partial charge is 0.225 e. The first-order valence-electron chi connectivity index (χ1n) is 6.91. The van der Waals surface area contributed by atoms with Gasteiger partial charge in [-0.1, -0.05) is 6.92 Å². The van der Waals surface area contributed by atoms with Crippen LogP contribution in [0, 0.1) is 0 Å². The summed E-state index contributed by atoms with van der Waals surface area (Å²) in [5, 5.41) is 3.52. The first-order valence-corrected chi connectivity index (χ1v) is 6.91. The molecule has 0 amide bonds. The number of aromatic nitrogens is 2. The standard InChI is InChI=1S/C14H24N4/c1-4-14(2,3)17-11-12-9-15-13(16-10-12)18-7-5-6-8-18/h9-10,17H,4-8,11H2,1-3H3. The molecule has 1 N–H and O–H groups in total. The molecule has 0 atom stereocenters. The van der Waals surface area contributed by atoms with Crippen LogP contribution in [0.5, 0.6) is 0 Å². The molecular formula is C14H24N4. The normalized spacial score (nSPS) is 16.3. The summed E-state index contributed by atoms with van der Waals surface area (Å²) in [7, 11) is 0. The van der Waals surface area contributed by atoms with Crippen LogP contribution in [-0.4, -0.2) is 28.6 Å². The van der Waals surface area contributed by atoms with Gasteiger partial charge in [-0.25, -0.2) is 9.97 Å². The van der Waals surface area contributed by atoms with Gasteiger partial charge < -0.3 is 10.2 Å². The van der Waals surface area contributed by atoms with Crippen molar-refractivity contribution >= 4 is 5.95 Å². The first kappa shape index (κ1) is 13.3. The Morgan fingerprint density at radius 3 is 2.39 bits per heavy atom. The van der Waals surface area contributed by atoms with Crippen LogP contribution in [0.4, 0.5) is 5.95 Å². The summed E-state index contributed by atoms with van der Waals surface area (Å²) in [5.74, 6) is 0.881. The summed E-state index contributed by atoms with van der Waals surface area (Å²) < 4.78 is 0. The molecule has 0 aliphatic carbocycles. The maximum atomic E-state index is 4.46. The van der Waals surface area contributed by atoms with Gasteiger partial charge in [0.2, 0.25) is 5.95 Å². The zero-order chi connectivity index (χ0) is 13.0. The van der Waals surface area contributed by atoms with E-state index < -0.39 is 0 Å². The molecule has 0 radical (unpaired) electrons. The second-order valence-electron chi connectivity index (χ2n) is 5.68. The average Bonchev–Trinajstić information content (AvgIpc) is 2.91. The van der Waals surface area contributed by atoms with E-state index in [1.54, 1.807) is 0 Å². The summed E-state index contributed by atoms with van der Waals surface area (Å²) in [4.78, 5) is 11.2. The van der Waals surface area contributed by atoms with E-state index in [2.05, 4.69) is 41.0 Å². The van der Waals surface area contributed by atoms with Crippen LogP contribution in [0.1, 0.15) is 45.6 Å². The van der Waals surface area contributed by atoms with Crippen LogP contribution < -0.4 is 10.2 Å². The van der Waals surface area contributed by atoms with Gasteiger partial charge in [-0.05, 0) is 33.1 Å². The molecule has 2 rings (SSSR count). The molecule has 1 saturated heterocycles. The number of anilines is 1. The molecule has 1 aliphatic rings. The zero-order valence-corrected chi connectivity index (χ0v) is 11.7. The van der Waals surface area contributed by atoms with E-state index in [4.69, 9.17) is 0 Å². The summed E-state index contributed by atoms with van der Waals surface area (Å²) in [6, 6.07) is 0. The van der Waals surface area contributed by atoms with Crippen LogP contribution >= 0.6 is 0 Å². The molecule has 1 aromatic heterocycles. The van der Waals surface area contributed by atoms with Gasteiger partial charge in [-0.2, -0.15) is 0 Å². The minimum Gasteiger partial charge on any atom is -0.341 e. The molecule has 1 fully saturated rings. The lowest BCUT2D eigenvalue weighted by Gasteiger charge is -2.24. The van der Waals surface area contributed by atoms with E-state index in [1.165, 1.54) is 12.8 Å². The molecule has 0 saturated carbocycles. The Morgan fingerprint density at radius 2 is 1.83 bits per heavy atom. The number of nitrogens with one attached hydrogen (secondary N) is 1. The molecule has 1 aliphatic heterocycles. The Kier molecular flexibility index (Phi) is 4.17. The van der Waals surface area contributed by atoms with Gasteiger partial charge in [0.05, 0.1) is 0 Å². The van der Waals surface area contributed by atoms with Gasteiger partial charge in [0.1, 0.15) is 0 Å². The molecule has 1 aromatic rings. The Morgan fingerprint density at radius 1 is 1.22 bits per heavy atom. The summed E-state index contributed by atoms with van der Waals surface area (Å²) in [6.07, 6.45) is 7.52. The lowest BCUT2D eigenvalue weighted by molar-refractivity contribution is 0.374. The summed E-state index contributed by atoms with van der Waals surface area (Å²) in [5.41, 5.74) is 1.33. The van der Waals surface area contributed by atoms with Crippen molar-refractivity contribution in [2.24, 2.45) is 0 Å². The fraction of sp³-hybridized carbons (Fsp3) is 0.714. The van der Waals surface area contributed by atoms with E-state index in [-0.39, 0.29) is 5.54 Å². The predicted molar refractivity (Wildman–Crippen MR) is 74.7 cm³/mol. The van der Waals surface area contributed by atoms with Gasteiger partial charge in [0, 0.05) is 43.1 Å². The summed E-state index contributed by atoms with van der Waals surface area (Å²) >= 11 is 0. The van der Waals surface area contributed by atoms with Crippen molar-refractivity contribution in [2.45, 2.75) is 52.1 Å². The monoisotopic (exact) mass is 248 g/mol. The number of nitrogens with zero attached hydrogens (tertiary/aromatic N) is 3. The fourth-order valence-corrected chi connectivity index (χ4v) is 1.99. The molecular weight excluding hydrogens is 224 g/mol. The van der Waals surface area contributed by atoms with Crippen molar-refractivity contribution < 1.29 is 0 Å². The second kappa shape index (κ2) is 5.65. The minimum absolute atomic E-state index is 0.174. The van der Waals surface area contributed by atoms with Gasteiger partial charge >= 0.3 is 0 Å². The maximum Gasteiger partial charge on any atom is 0.225 e. The van der Waals surface area contributed by atoms with E-state index >= 15 is 0 Å². The number of hydrogen-bond acceptors (Lipinski definition) is 4. The Labute approximate surface area is 110 Å². The Balaban J connectivity index is 1.91. The quantitative estimate of drug-likeness (QED) is 0.868. The Bertz CT molecular complexity index is 366. The number of hydrogen-bond donors (Lipinski definition) is 1. The minimum atomic E-state index is 0.174. The van der Waals surface area contributed by atoms with Crippen LogP contribution in [0.2, 0.25) is 0 Å². The van der Waals surface area contributed by atoms with Crippen LogP contribution in [0.25, 0.3) is 0 Å². The highest BCUT2D eigenvalue weighted by Crippen LogP contribution is 2.15. The molecule has 2 heterocycles. The molecule has 0 bridgehead atoms. The van der Waals surface area contributed by atoms with Crippen molar-refractivity contribution in [2.75, 3.05) is 18.0 Å². The van der Waals surface area contributed by atoms with Gasteiger partial charge in [0.25, 0.3) is 0 Å². The third kappa shape index (κ3) is 3.42. The van der Waals surface area contributed by atoms with Crippen molar-refractivity contribution in [1.29, 1.82) is 0 Å². The van der Waals surface area contributed by atoms with Gasteiger partial charge in [0.15, 0.2) is 0 Å². The van der Waals surface area contributed by atoms with Crippen LogP contribution in [0.3, 0.4) is 0 Å². The molecule has 0 unspecified atom stereocenters. The zero-order valence-electron chi connectivity index (χ0n) is 11.7. The SMILES string of the molecule is CCC(C)(C)NCc1cnc(N2CCCC2)nc1. The van der Waals surface area contributed by atoms with Crippen molar-refractivity contribution in [3.63, 3.8) is 0 Å². The molecule has 4 heteroatoms. The first-order chi connectivity index (χ1) is 8.61. The van der Waals surface area contributed by atoms with Crippen LogP contribution in [0.15, 0.2) is 12.4 Å². The third-order valence-electron chi connectivity index (χ3n) is 3.74. The van der Waals surface area contributed by atoms with Crippen molar-refractivity contribution in [3.8, 4) is 0 Å². The Hall–Kier alpha value is -1.16. The van der Waals surface area contributed by atoms with E-state index in [9.17, 15) is 0 Å². The molecule has 0 aromatic carbocycles. The predicted octanol–water partition coefficient (Wildman–Crippen LogP) is 2.36. The largest absolute Gasteiger partial charge is 0.341 e. The molecule has 0 spiro atoms. The maximum absolute atomic E-state index is 4.46. The van der Waals surface area contributed by atoms with Gasteiger partial charge in [-0.15, -0.1) is 0 Å². The highest BCUT2D eigenvalue weighted by atomic mass is 15.3. The topological polar surface area (TPSA) is 41.1 Å². The van der Waals surface area contributed by atoms with E-state index in [0.717, 1.165) is 37.6 Å². The molecule has 18 heavy (non-hydrogen) atoms. The summed E-state index contributed by atoms with van der Waals surface area (Å²) in [6.45, 7) is 9.65. The third-order valence-corrected chi connectivity index (χ3v) is 3.74. The number of rotatable bonds is 5. The molecule has 4 nitrogen and oxygen atoms in total. The van der Waals surface area contributed by atoms with E-state index in [0.29, 0.717) is 0 Å². The second-order valence-corrected chi connectivity index (χ2v) is 5.68. The lowest BCUT2D eigenvalue weighted by Crippen LogP contribution is -2.37. The van der Waals surface area contributed by atoms with Gasteiger partial charge in [-0.3, -0.25) is 0 Å². The highest BCUT2D eigenvalue weighted by molar-refractivity contribution is 5.30. The van der Waals surface area contributed by atoms with Crippen molar-refractivity contribution in [3.05, 3.63) is 18.0 Å². The van der Waals surface area contributed by atoms with E-state index in [1.807, 2.05) is 12.4 Å². The molecule has 100 valence electrons. The fourth-order valence-electron chi connectivity index (χ4n) is 1.99. The highest BCUT2D eigenvalue weighted by Gasteiger charge is 2.15. The van der Waals surface area contributed by atoms with Crippen LogP contribution in [-0.2, 0) is 6.54 Å². The van der Waals surface area contributed by atoms with Crippen molar-refractivity contribution in [1.82, 2.24) is 15.3 Å². The lowest BCUT2D eigenvalue weighted by atomic mass is 10.0. The average molecular weight is 248 g/mol.